The summed E-state index contributed by atoms with van der Waals surface area (Å²) >= 11 is 0. The van der Waals surface area contributed by atoms with Gasteiger partial charge in [0.1, 0.15) is 0 Å². The summed E-state index contributed by atoms with van der Waals surface area (Å²) in [5.41, 5.74) is 3.11. The molecule has 0 saturated carbocycles. The summed E-state index contributed by atoms with van der Waals surface area (Å²) in [6.07, 6.45) is 2.30. The topological polar surface area (TPSA) is 12.0 Å². The third-order valence-electron chi connectivity index (χ3n) is 3.91. The molecule has 1 heteroatoms. The van der Waals surface area contributed by atoms with E-state index in [1.54, 1.807) is 0 Å². The average Bonchev–Trinajstić information content (AvgIpc) is 2.36. The fraction of sp³-hybridized carbons (Fsp3) is 0.667. The predicted octanol–water partition coefficient (Wildman–Crippen LogP) is 4.45. The highest BCUT2D eigenvalue weighted by Crippen LogP contribution is 2.18. The first-order valence-corrected chi connectivity index (χ1v) is 7.64. The van der Waals surface area contributed by atoms with Gasteiger partial charge in [0.25, 0.3) is 0 Å². The van der Waals surface area contributed by atoms with Crippen molar-refractivity contribution < 1.29 is 0 Å². The van der Waals surface area contributed by atoms with Gasteiger partial charge in [-0.25, -0.2) is 0 Å². The Hall–Kier alpha value is -0.820. The zero-order chi connectivity index (χ0) is 14.5. The van der Waals surface area contributed by atoms with E-state index < -0.39 is 0 Å². The first-order chi connectivity index (χ1) is 8.81. The number of nitrogens with one attached hydrogen (secondary N) is 1. The summed E-state index contributed by atoms with van der Waals surface area (Å²) in [6, 6.07) is 9.11. The molecule has 0 aromatic heterocycles. The highest BCUT2D eigenvalue weighted by molar-refractivity contribution is 5.22. The minimum atomic E-state index is 0.219. The molecule has 1 nitrogen and oxygen atoms in total. The molecule has 1 rings (SSSR count). The second-order valence-electron chi connectivity index (χ2n) is 6.96. The maximum Gasteiger partial charge on any atom is 0.00966 e. The first kappa shape index (κ1) is 16.2. The Balaban J connectivity index is 2.46. The number of benzene rings is 1. The first-order valence-electron chi connectivity index (χ1n) is 7.64. The molecular formula is C18H31N. The number of rotatable bonds is 6. The largest absolute Gasteiger partial charge is 0.312 e. The van der Waals surface area contributed by atoms with Crippen molar-refractivity contribution in [1.29, 1.82) is 0 Å². The molecule has 0 saturated heterocycles. The maximum absolute atomic E-state index is 3.61. The summed E-state index contributed by atoms with van der Waals surface area (Å²) in [5, 5.41) is 3.61. The van der Waals surface area contributed by atoms with Gasteiger partial charge in [0.15, 0.2) is 0 Å². The van der Waals surface area contributed by atoms with Crippen LogP contribution < -0.4 is 5.32 Å². The highest BCUT2D eigenvalue weighted by atomic mass is 14.9. The van der Waals surface area contributed by atoms with Crippen molar-refractivity contribution in [3.8, 4) is 0 Å². The lowest BCUT2D eigenvalue weighted by Gasteiger charge is -2.26. The molecule has 1 aromatic rings. The zero-order valence-electron chi connectivity index (χ0n) is 13.6. The summed E-state index contributed by atoms with van der Waals surface area (Å²) < 4.78 is 0. The van der Waals surface area contributed by atoms with Gasteiger partial charge in [-0.2, -0.15) is 0 Å². The van der Waals surface area contributed by atoms with Crippen LogP contribution in [0.2, 0.25) is 0 Å². The molecule has 0 fully saturated rings. The minimum absolute atomic E-state index is 0.219. The maximum atomic E-state index is 3.61. The Morgan fingerprint density at radius 2 is 1.47 bits per heavy atom. The van der Waals surface area contributed by atoms with Crippen molar-refractivity contribution in [3.05, 3.63) is 35.4 Å². The summed E-state index contributed by atoms with van der Waals surface area (Å²) in [5.74, 6) is 1.41. The molecule has 0 radical (unpaired) electrons. The Morgan fingerprint density at radius 3 is 1.95 bits per heavy atom. The summed E-state index contributed by atoms with van der Waals surface area (Å²) in [4.78, 5) is 0. The van der Waals surface area contributed by atoms with Crippen molar-refractivity contribution in [2.45, 2.75) is 59.9 Å². The smallest absolute Gasteiger partial charge is 0.00966 e. The molecule has 0 aliphatic carbocycles. The third-order valence-corrected chi connectivity index (χ3v) is 3.91. The SMILES string of the molecule is CCc1ccc(CC(C)C(C)CNC(C)(C)C)cc1. The van der Waals surface area contributed by atoms with Crippen LogP contribution in [0.5, 0.6) is 0 Å². The van der Waals surface area contributed by atoms with E-state index >= 15 is 0 Å². The average molecular weight is 261 g/mol. The van der Waals surface area contributed by atoms with Gasteiger partial charge in [0, 0.05) is 5.54 Å². The summed E-state index contributed by atoms with van der Waals surface area (Å²) in [7, 11) is 0. The van der Waals surface area contributed by atoms with Crippen LogP contribution in [0.1, 0.15) is 52.7 Å². The molecule has 19 heavy (non-hydrogen) atoms. The van der Waals surface area contributed by atoms with E-state index in [2.05, 4.69) is 71.1 Å². The van der Waals surface area contributed by atoms with E-state index in [1.165, 1.54) is 17.5 Å². The second kappa shape index (κ2) is 7.09. The van der Waals surface area contributed by atoms with Crippen LogP contribution in [0.4, 0.5) is 0 Å². The van der Waals surface area contributed by atoms with Gasteiger partial charge in [-0.1, -0.05) is 45.0 Å². The van der Waals surface area contributed by atoms with Crippen molar-refractivity contribution >= 4 is 0 Å². The Kier molecular flexibility index (Phi) is 6.06. The van der Waals surface area contributed by atoms with Gasteiger partial charge in [0.2, 0.25) is 0 Å². The van der Waals surface area contributed by atoms with Gasteiger partial charge in [-0.3, -0.25) is 0 Å². The van der Waals surface area contributed by atoms with Gasteiger partial charge in [0.05, 0.1) is 0 Å². The van der Waals surface area contributed by atoms with Crippen molar-refractivity contribution in [3.63, 3.8) is 0 Å². The van der Waals surface area contributed by atoms with Gasteiger partial charge in [-0.15, -0.1) is 0 Å². The quantitative estimate of drug-likeness (QED) is 0.797. The van der Waals surface area contributed by atoms with Crippen LogP contribution in [0.15, 0.2) is 24.3 Å². The predicted molar refractivity (Wildman–Crippen MR) is 85.6 cm³/mol. The van der Waals surface area contributed by atoms with Crippen LogP contribution in [0, 0.1) is 11.8 Å². The van der Waals surface area contributed by atoms with Crippen molar-refractivity contribution in [2.24, 2.45) is 11.8 Å². The van der Waals surface area contributed by atoms with E-state index in [-0.39, 0.29) is 5.54 Å². The van der Waals surface area contributed by atoms with Gasteiger partial charge >= 0.3 is 0 Å². The van der Waals surface area contributed by atoms with Gasteiger partial charge in [-0.05, 0) is 63.1 Å². The second-order valence-corrected chi connectivity index (χ2v) is 6.96. The molecule has 108 valence electrons. The molecule has 0 aliphatic heterocycles. The van der Waals surface area contributed by atoms with E-state index in [9.17, 15) is 0 Å². The van der Waals surface area contributed by atoms with Crippen LogP contribution in [0.3, 0.4) is 0 Å². The molecule has 0 spiro atoms. The zero-order valence-corrected chi connectivity index (χ0v) is 13.6. The van der Waals surface area contributed by atoms with Crippen LogP contribution in [0.25, 0.3) is 0 Å². The number of hydrogen-bond donors (Lipinski definition) is 1. The van der Waals surface area contributed by atoms with Crippen LogP contribution >= 0.6 is 0 Å². The lowest BCUT2D eigenvalue weighted by Crippen LogP contribution is -2.40. The fourth-order valence-corrected chi connectivity index (χ4v) is 2.15. The number of aryl methyl sites for hydroxylation is 1. The molecule has 1 N–H and O–H groups in total. The van der Waals surface area contributed by atoms with E-state index in [0.29, 0.717) is 11.8 Å². The molecule has 2 unspecified atom stereocenters. The normalized spacial score (nSPS) is 15.3. The van der Waals surface area contributed by atoms with Crippen molar-refractivity contribution in [1.82, 2.24) is 5.32 Å². The lowest BCUT2D eigenvalue weighted by molar-refractivity contribution is 0.317. The van der Waals surface area contributed by atoms with Crippen molar-refractivity contribution in [2.75, 3.05) is 6.54 Å². The molecule has 0 bridgehead atoms. The lowest BCUT2D eigenvalue weighted by atomic mass is 9.88. The van der Waals surface area contributed by atoms with E-state index in [1.807, 2.05) is 0 Å². The summed E-state index contributed by atoms with van der Waals surface area (Å²) in [6.45, 7) is 14.7. The molecule has 2 atom stereocenters. The molecule has 0 heterocycles. The molecule has 1 aromatic carbocycles. The van der Waals surface area contributed by atoms with Crippen LogP contribution in [-0.2, 0) is 12.8 Å². The Morgan fingerprint density at radius 1 is 0.947 bits per heavy atom. The monoisotopic (exact) mass is 261 g/mol. The number of hydrogen-bond acceptors (Lipinski definition) is 1. The Labute approximate surface area is 119 Å². The minimum Gasteiger partial charge on any atom is -0.312 e. The van der Waals surface area contributed by atoms with Crippen LogP contribution in [-0.4, -0.2) is 12.1 Å². The standard InChI is InChI=1S/C18H31N/c1-7-16-8-10-17(11-9-16)12-14(2)15(3)13-19-18(4,5)6/h8-11,14-15,19H,7,12-13H2,1-6H3. The van der Waals surface area contributed by atoms with E-state index in [4.69, 9.17) is 0 Å². The molecular weight excluding hydrogens is 230 g/mol. The van der Waals surface area contributed by atoms with E-state index in [0.717, 1.165) is 13.0 Å². The third kappa shape index (κ3) is 6.24. The highest BCUT2D eigenvalue weighted by Gasteiger charge is 2.16. The van der Waals surface area contributed by atoms with Gasteiger partial charge < -0.3 is 5.32 Å². The Bertz CT molecular complexity index is 358. The fourth-order valence-electron chi connectivity index (χ4n) is 2.15. The molecule has 0 amide bonds. The molecule has 0 aliphatic rings.